The monoisotopic (exact) mass is 463 g/mol. The Morgan fingerprint density at radius 3 is 2.47 bits per heavy atom. The third-order valence-electron chi connectivity index (χ3n) is 4.45. The number of aromatic nitrogens is 1. The van der Waals surface area contributed by atoms with Gasteiger partial charge in [-0.2, -0.15) is 0 Å². The first-order chi connectivity index (χ1) is 15.6. The molecule has 162 valence electrons. The second-order valence-corrected chi connectivity index (χ2v) is 8.64. The zero-order valence-electron chi connectivity index (χ0n) is 17.3. The van der Waals surface area contributed by atoms with Gasteiger partial charge in [-0.15, -0.1) is 22.7 Å². The van der Waals surface area contributed by atoms with Crippen molar-refractivity contribution in [3.63, 3.8) is 0 Å². The average Bonchev–Trinajstić information content (AvgIpc) is 3.47. The first-order valence-corrected chi connectivity index (χ1v) is 11.8. The van der Waals surface area contributed by atoms with Gasteiger partial charge in [0.05, 0.1) is 23.6 Å². The Morgan fingerprint density at radius 2 is 1.75 bits per heavy atom. The van der Waals surface area contributed by atoms with Gasteiger partial charge in [0.25, 0.3) is 5.91 Å². The summed E-state index contributed by atoms with van der Waals surface area (Å²) in [5.41, 5.74) is 2.92. The maximum Gasteiger partial charge on any atom is 0.265 e. The second-order valence-electron chi connectivity index (χ2n) is 6.84. The molecule has 0 saturated carbocycles. The molecule has 2 heterocycles. The zero-order valence-corrected chi connectivity index (χ0v) is 19.0. The van der Waals surface area contributed by atoms with Gasteiger partial charge in [-0.1, -0.05) is 12.1 Å². The molecule has 0 bridgehead atoms. The number of amides is 2. The van der Waals surface area contributed by atoms with Crippen molar-refractivity contribution in [2.24, 2.45) is 0 Å². The van der Waals surface area contributed by atoms with Gasteiger partial charge in [-0.05, 0) is 60.8 Å². The van der Waals surface area contributed by atoms with E-state index < -0.39 is 0 Å². The number of thiophene rings is 1. The predicted octanol–water partition coefficient (Wildman–Crippen LogP) is 5.70. The van der Waals surface area contributed by atoms with Crippen LogP contribution in [-0.4, -0.2) is 23.4 Å². The van der Waals surface area contributed by atoms with E-state index in [-0.39, 0.29) is 18.2 Å². The Bertz CT molecular complexity index is 1200. The summed E-state index contributed by atoms with van der Waals surface area (Å²) in [5.74, 6) is 0.476. The molecule has 6 nitrogen and oxygen atoms in total. The molecule has 0 radical (unpaired) electrons. The quantitative estimate of drug-likeness (QED) is 0.351. The molecule has 2 amide bonds. The summed E-state index contributed by atoms with van der Waals surface area (Å²) in [6, 6.07) is 18.4. The van der Waals surface area contributed by atoms with Crippen LogP contribution in [0.2, 0.25) is 0 Å². The lowest BCUT2D eigenvalue weighted by Crippen LogP contribution is -2.15. The van der Waals surface area contributed by atoms with Gasteiger partial charge in [0.1, 0.15) is 10.8 Å². The minimum atomic E-state index is -0.173. The number of nitrogens with zero attached hydrogens (tertiary/aromatic N) is 1. The first kappa shape index (κ1) is 21.7. The molecule has 0 atom stereocenters. The molecule has 0 aliphatic rings. The number of anilines is 2. The van der Waals surface area contributed by atoms with Crippen LogP contribution in [0, 0.1) is 0 Å². The lowest BCUT2D eigenvalue weighted by Gasteiger charge is -2.08. The molecule has 0 aliphatic carbocycles. The highest BCUT2D eigenvalue weighted by Crippen LogP contribution is 2.26. The van der Waals surface area contributed by atoms with Gasteiger partial charge in [0, 0.05) is 22.3 Å². The summed E-state index contributed by atoms with van der Waals surface area (Å²) in [4.78, 5) is 29.9. The van der Waals surface area contributed by atoms with Crippen molar-refractivity contribution in [2.45, 2.75) is 13.3 Å². The largest absolute Gasteiger partial charge is 0.494 e. The summed E-state index contributed by atoms with van der Waals surface area (Å²) < 4.78 is 5.47. The fourth-order valence-electron chi connectivity index (χ4n) is 3.03. The normalized spacial score (nSPS) is 10.5. The van der Waals surface area contributed by atoms with Gasteiger partial charge in [0.2, 0.25) is 5.91 Å². The Hall–Kier alpha value is -3.49. The zero-order chi connectivity index (χ0) is 22.3. The number of carbonyl (C=O) groups is 2. The molecular formula is C24H21N3O3S2. The molecular weight excluding hydrogens is 442 g/mol. The maximum absolute atomic E-state index is 12.5. The van der Waals surface area contributed by atoms with E-state index in [0.29, 0.717) is 28.6 Å². The third-order valence-corrected chi connectivity index (χ3v) is 6.26. The number of hydrogen-bond donors (Lipinski definition) is 2. The van der Waals surface area contributed by atoms with Crippen molar-refractivity contribution >= 4 is 45.9 Å². The summed E-state index contributed by atoms with van der Waals surface area (Å²) in [7, 11) is 0. The molecule has 0 aliphatic heterocycles. The van der Waals surface area contributed by atoms with Crippen LogP contribution in [0.1, 0.15) is 22.3 Å². The molecule has 0 spiro atoms. The number of hydrogen-bond acceptors (Lipinski definition) is 6. The lowest BCUT2D eigenvalue weighted by molar-refractivity contribution is -0.115. The molecule has 2 aromatic carbocycles. The van der Waals surface area contributed by atoms with Gasteiger partial charge in [-0.3, -0.25) is 9.59 Å². The Balaban J connectivity index is 1.35. The third kappa shape index (κ3) is 5.60. The lowest BCUT2D eigenvalue weighted by atomic mass is 10.2. The number of rotatable bonds is 8. The summed E-state index contributed by atoms with van der Waals surface area (Å²) in [5, 5.41) is 10.3. The number of benzene rings is 2. The molecule has 0 saturated heterocycles. The molecule has 4 rings (SSSR count). The van der Waals surface area contributed by atoms with Crippen molar-refractivity contribution in [2.75, 3.05) is 17.2 Å². The number of nitrogens with one attached hydrogen (secondary N) is 2. The number of thiazole rings is 1. The Labute approximate surface area is 193 Å². The second kappa shape index (κ2) is 10.2. The summed E-state index contributed by atoms with van der Waals surface area (Å²) >= 11 is 2.88. The summed E-state index contributed by atoms with van der Waals surface area (Å²) in [6.45, 7) is 2.57. The van der Waals surface area contributed by atoms with E-state index in [4.69, 9.17) is 4.74 Å². The maximum atomic E-state index is 12.5. The van der Waals surface area contributed by atoms with Gasteiger partial charge < -0.3 is 15.4 Å². The van der Waals surface area contributed by atoms with Gasteiger partial charge in [-0.25, -0.2) is 4.98 Å². The van der Waals surface area contributed by atoms with E-state index >= 15 is 0 Å². The molecule has 32 heavy (non-hydrogen) atoms. The molecule has 2 N–H and O–H groups in total. The van der Waals surface area contributed by atoms with E-state index in [1.807, 2.05) is 48.0 Å². The van der Waals surface area contributed by atoms with Crippen LogP contribution in [0.4, 0.5) is 11.4 Å². The SMILES string of the molecule is CCOc1ccc(-c2nc(CC(=O)Nc3cccc(NC(=O)c4cccs4)c3)cs2)cc1. The van der Waals surface area contributed by atoms with E-state index in [1.165, 1.54) is 22.7 Å². The van der Waals surface area contributed by atoms with E-state index in [9.17, 15) is 9.59 Å². The minimum Gasteiger partial charge on any atom is -0.494 e. The molecule has 0 unspecified atom stereocenters. The van der Waals surface area contributed by atoms with Crippen molar-refractivity contribution in [3.05, 3.63) is 82.0 Å². The highest BCUT2D eigenvalue weighted by molar-refractivity contribution is 7.13. The summed E-state index contributed by atoms with van der Waals surface area (Å²) in [6.07, 6.45) is 0.166. The highest BCUT2D eigenvalue weighted by atomic mass is 32.1. The highest BCUT2D eigenvalue weighted by Gasteiger charge is 2.11. The molecule has 2 aromatic heterocycles. The van der Waals surface area contributed by atoms with Crippen molar-refractivity contribution in [3.8, 4) is 16.3 Å². The number of carbonyl (C=O) groups excluding carboxylic acids is 2. The standard InChI is InChI=1S/C24H21N3O3S2/c1-2-30-20-10-8-16(9-11-20)24-27-19(15-32-24)14-22(28)25-17-5-3-6-18(13-17)26-23(29)21-7-4-12-31-21/h3-13,15H,2,14H2,1H3,(H,25,28)(H,26,29). The van der Waals surface area contributed by atoms with E-state index in [0.717, 1.165) is 16.3 Å². The van der Waals surface area contributed by atoms with Crippen molar-refractivity contribution in [1.29, 1.82) is 0 Å². The van der Waals surface area contributed by atoms with E-state index in [1.54, 1.807) is 30.3 Å². The van der Waals surface area contributed by atoms with Crippen LogP contribution in [-0.2, 0) is 11.2 Å². The predicted molar refractivity (Wildman–Crippen MR) is 130 cm³/mol. The number of ether oxygens (including phenoxy) is 1. The fourth-order valence-corrected chi connectivity index (χ4v) is 4.47. The van der Waals surface area contributed by atoms with Crippen LogP contribution in [0.25, 0.3) is 10.6 Å². The van der Waals surface area contributed by atoms with Gasteiger partial charge in [0.15, 0.2) is 0 Å². The van der Waals surface area contributed by atoms with Crippen LogP contribution < -0.4 is 15.4 Å². The molecule has 0 fully saturated rings. The Morgan fingerprint density at radius 1 is 0.969 bits per heavy atom. The smallest absolute Gasteiger partial charge is 0.265 e. The van der Waals surface area contributed by atoms with Crippen molar-refractivity contribution in [1.82, 2.24) is 4.98 Å². The first-order valence-electron chi connectivity index (χ1n) is 10.0. The molecule has 8 heteroatoms. The van der Waals surface area contributed by atoms with Crippen LogP contribution in [0.15, 0.2) is 71.4 Å². The average molecular weight is 464 g/mol. The van der Waals surface area contributed by atoms with E-state index in [2.05, 4.69) is 15.6 Å². The van der Waals surface area contributed by atoms with Crippen molar-refractivity contribution < 1.29 is 14.3 Å². The molecule has 4 aromatic rings. The van der Waals surface area contributed by atoms with Crippen LogP contribution in [0.3, 0.4) is 0 Å². The minimum absolute atomic E-state index is 0.166. The topological polar surface area (TPSA) is 80.3 Å². The fraction of sp³-hybridized carbons (Fsp3) is 0.125. The Kier molecular flexibility index (Phi) is 6.94. The van der Waals surface area contributed by atoms with Crippen LogP contribution in [0.5, 0.6) is 5.75 Å². The van der Waals surface area contributed by atoms with Gasteiger partial charge >= 0.3 is 0 Å². The van der Waals surface area contributed by atoms with Crippen LogP contribution >= 0.6 is 22.7 Å².